The minimum atomic E-state index is -0.366. The Kier molecular flexibility index (Phi) is 5.46. The first-order valence-corrected chi connectivity index (χ1v) is 7.11. The van der Waals surface area contributed by atoms with E-state index in [0.29, 0.717) is 23.2 Å². The Labute approximate surface area is 133 Å². The predicted octanol–water partition coefficient (Wildman–Crippen LogP) is 2.50. The molecule has 0 fully saturated rings. The van der Waals surface area contributed by atoms with E-state index >= 15 is 0 Å². The average Bonchev–Trinajstić information content (AvgIpc) is 2.55. The number of nitrogens with zero attached hydrogens (tertiary/aromatic N) is 1. The van der Waals surface area contributed by atoms with Crippen LogP contribution in [0.3, 0.4) is 0 Å². The smallest absolute Gasteiger partial charge is 0.271 e. The van der Waals surface area contributed by atoms with Crippen LogP contribution in [0, 0.1) is 0 Å². The lowest BCUT2D eigenvalue weighted by Crippen LogP contribution is -2.17. The van der Waals surface area contributed by atoms with Gasteiger partial charge in [-0.2, -0.15) is 5.10 Å². The summed E-state index contributed by atoms with van der Waals surface area (Å²) in [6.07, 6.45) is 1.83. The fourth-order valence-electron chi connectivity index (χ4n) is 1.79. The number of hydrogen-bond donors (Lipinski definition) is 3. The molecule has 2 aromatic carbocycles. The molecule has 23 heavy (non-hydrogen) atoms. The normalized spacial score (nSPS) is 10.5. The number of aromatic hydroxyl groups is 1. The topological polar surface area (TPSA) is 90.8 Å². The first kappa shape index (κ1) is 16.2. The zero-order valence-electron chi connectivity index (χ0n) is 12.6. The van der Waals surface area contributed by atoms with Gasteiger partial charge < -0.3 is 10.4 Å². The highest BCUT2D eigenvalue weighted by atomic mass is 16.3. The van der Waals surface area contributed by atoms with Crippen molar-refractivity contribution < 1.29 is 14.7 Å². The van der Waals surface area contributed by atoms with Gasteiger partial charge in [0.15, 0.2) is 0 Å². The molecule has 0 saturated heterocycles. The molecule has 118 valence electrons. The van der Waals surface area contributed by atoms with Crippen LogP contribution in [0.2, 0.25) is 0 Å². The van der Waals surface area contributed by atoms with Crippen LogP contribution in [0.1, 0.15) is 29.3 Å². The van der Waals surface area contributed by atoms with Crippen molar-refractivity contribution >= 4 is 23.7 Å². The van der Waals surface area contributed by atoms with Gasteiger partial charge in [0, 0.05) is 17.7 Å². The number of rotatable bonds is 5. The molecule has 0 bridgehead atoms. The molecular weight excluding hydrogens is 294 g/mol. The van der Waals surface area contributed by atoms with Gasteiger partial charge in [-0.15, -0.1) is 0 Å². The lowest BCUT2D eigenvalue weighted by atomic mass is 10.2. The van der Waals surface area contributed by atoms with Crippen LogP contribution in [-0.2, 0) is 4.79 Å². The molecule has 6 heteroatoms. The van der Waals surface area contributed by atoms with E-state index < -0.39 is 0 Å². The summed E-state index contributed by atoms with van der Waals surface area (Å²) in [5, 5.41) is 15.9. The number of benzene rings is 2. The molecule has 2 aromatic rings. The molecular formula is C17H17N3O3. The Bertz CT molecular complexity index is 724. The second-order valence-corrected chi connectivity index (χ2v) is 4.77. The number of hydrazone groups is 1. The van der Waals surface area contributed by atoms with Gasteiger partial charge in [-0.25, -0.2) is 5.43 Å². The van der Waals surface area contributed by atoms with Crippen LogP contribution >= 0.6 is 0 Å². The van der Waals surface area contributed by atoms with Crippen molar-refractivity contribution in [3.05, 3.63) is 59.7 Å². The summed E-state index contributed by atoms with van der Waals surface area (Å²) in [5.41, 5.74) is 4.13. The van der Waals surface area contributed by atoms with Crippen molar-refractivity contribution in [1.82, 2.24) is 5.43 Å². The van der Waals surface area contributed by atoms with E-state index in [4.69, 9.17) is 0 Å². The number of hydrogen-bond acceptors (Lipinski definition) is 4. The molecule has 0 aliphatic heterocycles. The van der Waals surface area contributed by atoms with Crippen molar-refractivity contribution in [1.29, 1.82) is 0 Å². The van der Waals surface area contributed by atoms with Crippen molar-refractivity contribution in [3.8, 4) is 5.75 Å². The highest BCUT2D eigenvalue weighted by molar-refractivity contribution is 5.96. The van der Waals surface area contributed by atoms with Crippen LogP contribution in [0.5, 0.6) is 5.75 Å². The highest BCUT2D eigenvalue weighted by Gasteiger charge is 2.05. The number of phenols is 1. The molecule has 0 aliphatic rings. The Morgan fingerprint density at radius 2 is 1.91 bits per heavy atom. The van der Waals surface area contributed by atoms with Gasteiger partial charge in [-0.3, -0.25) is 9.59 Å². The molecule has 0 heterocycles. The number of carbonyl (C=O) groups is 2. The molecule has 0 aromatic heterocycles. The molecule has 0 aliphatic carbocycles. The van der Waals surface area contributed by atoms with E-state index in [0.717, 1.165) is 0 Å². The molecule has 3 N–H and O–H groups in total. The fourth-order valence-corrected chi connectivity index (χ4v) is 1.79. The van der Waals surface area contributed by atoms with Crippen molar-refractivity contribution in [2.45, 2.75) is 13.3 Å². The third kappa shape index (κ3) is 4.96. The Morgan fingerprint density at radius 1 is 1.17 bits per heavy atom. The first-order valence-electron chi connectivity index (χ1n) is 7.11. The third-order valence-electron chi connectivity index (χ3n) is 3.00. The largest absolute Gasteiger partial charge is 0.508 e. The molecule has 0 unspecified atom stereocenters. The minimum Gasteiger partial charge on any atom is -0.508 e. The van der Waals surface area contributed by atoms with Gasteiger partial charge in [-0.1, -0.05) is 19.1 Å². The lowest BCUT2D eigenvalue weighted by Gasteiger charge is -2.04. The minimum absolute atomic E-state index is 0.0853. The summed E-state index contributed by atoms with van der Waals surface area (Å²) in [5.74, 6) is -0.322. The van der Waals surface area contributed by atoms with Crippen LogP contribution in [0.15, 0.2) is 53.6 Å². The molecule has 2 amide bonds. The summed E-state index contributed by atoms with van der Waals surface area (Å²) in [7, 11) is 0. The fraction of sp³-hybridized carbons (Fsp3) is 0.118. The van der Waals surface area contributed by atoms with Gasteiger partial charge in [0.25, 0.3) is 5.91 Å². The average molecular weight is 311 g/mol. The van der Waals surface area contributed by atoms with Gasteiger partial charge in [0.05, 0.1) is 6.21 Å². The number of nitrogens with one attached hydrogen (secondary N) is 2. The molecule has 0 radical (unpaired) electrons. The van der Waals surface area contributed by atoms with Crippen LogP contribution in [0.25, 0.3) is 0 Å². The monoisotopic (exact) mass is 311 g/mol. The van der Waals surface area contributed by atoms with E-state index in [1.54, 1.807) is 49.4 Å². The summed E-state index contributed by atoms with van der Waals surface area (Å²) in [6.45, 7) is 1.77. The lowest BCUT2D eigenvalue weighted by molar-refractivity contribution is -0.115. The summed E-state index contributed by atoms with van der Waals surface area (Å²) >= 11 is 0. The van der Waals surface area contributed by atoms with Crippen LogP contribution < -0.4 is 10.7 Å². The number of carbonyl (C=O) groups excluding carboxylic acids is 2. The Hall–Kier alpha value is -3.15. The summed E-state index contributed by atoms with van der Waals surface area (Å²) in [6, 6.07) is 13.0. The summed E-state index contributed by atoms with van der Waals surface area (Å²) in [4.78, 5) is 23.2. The predicted molar refractivity (Wildman–Crippen MR) is 88.5 cm³/mol. The van der Waals surface area contributed by atoms with E-state index in [9.17, 15) is 14.7 Å². The molecule has 2 rings (SSSR count). The van der Waals surface area contributed by atoms with Crippen LogP contribution in [0.4, 0.5) is 5.69 Å². The standard InChI is InChI=1S/C17H17N3O3/c1-2-16(22)19-14-8-6-13(7-9-14)17(23)20-18-11-12-4-3-5-15(21)10-12/h3-11,21H,2H2,1H3,(H,19,22)(H,20,23)/b18-11+. The molecule has 6 nitrogen and oxygen atoms in total. The van der Waals surface area contributed by atoms with Gasteiger partial charge in [0.1, 0.15) is 5.75 Å². The Balaban J connectivity index is 1.94. The first-order chi connectivity index (χ1) is 11.1. The van der Waals surface area contributed by atoms with Gasteiger partial charge in [0.2, 0.25) is 5.91 Å². The third-order valence-corrected chi connectivity index (χ3v) is 3.00. The van der Waals surface area contributed by atoms with E-state index in [2.05, 4.69) is 15.8 Å². The van der Waals surface area contributed by atoms with E-state index in [1.165, 1.54) is 12.3 Å². The maximum Gasteiger partial charge on any atom is 0.271 e. The van der Waals surface area contributed by atoms with Gasteiger partial charge >= 0.3 is 0 Å². The molecule has 0 spiro atoms. The summed E-state index contributed by atoms with van der Waals surface area (Å²) < 4.78 is 0. The molecule has 0 saturated carbocycles. The number of anilines is 1. The van der Waals surface area contributed by atoms with Crippen molar-refractivity contribution in [3.63, 3.8) is 0 Å². The van der Waals surface area contributed by atoms with E-state index in [1.807, 2.05) is 0 Å². The second-order valence-electron chi connectivity index (χ2n) is 4.77. The number of amides is 2. The zero-order valence-corrected chi connectivity index (χ0v) is 12.6. The van der Waals surface area contributed by atoms with Crippen molar-refractivity contribution in [2.24, 2.45) is 5.10 Å². The maximum absolute atomic E-state index is 11.9. The van der Waals surface area contributed by atoms with E-state index in [-0.39, 0.29) is 17.6 Å². The number of phenolic OH excluding ortho intramolecular Hbond substituents is 1. The Morgan fingerprint density at radius 3 is 2.57 bits per heavy atom. The van der Waals surface area contributed by atoms with Gasteiger partial charge in [-0.05, 0) is 42.0 Å². The highest BCUT2D eigenvalue weighted by Crippen LogP contribution is 2.10. The quantitative estimate of drug-likeness (QED) is 0.585. The zero-order chi connectivity index (χ0) is 16.7. The maximum atomic E-state index is 11.9. The SMILES string of the molecule is CCC(=O)Nc1ccc(C(=O)N/N=C/c2cccc(O)c2)cc1. The molecule has 0 atom stereocenters. The van der Waals surface area contributed by atoms with Crippen molar-refractivity contribution in [2.75, 3.05) is 5.32 Å². The van der Waals surface area contributed by atoms with Crippen LogP contribution in [-0.4, -0.2) is 23.1 Å². The second kappa shape index (κ2) is 7.74.